The molecule has 0 fully saturated rings. The van der Waals surface area contributed by atoms with Crippen molar-refractivity contribution in [3.05, 3.63) is 29.6 Å². The number of rotatable bonds is 3. The average Bonchev–Trinajstić information content (AvgIpc) is 2.13. The van der Waals surface area contributed by atoms with Gasteiger partial charge in [0.05, 0.1) is 11.4 Å². The molecule has 0 spiro atoms. The Bertz CT molecular complexity index is 347. The van der Waals surface area contributed by atoms with Gasteiger partial charge in [-0.3, -0.25) is 0 Å². The zero-order chi connectivity index (χ0) is 10.6. The summed E-state index contributed by atoms with van der Waals surface area (Å²) in [7, 11) is 1.83. The van der Waals surface area contributed by atoms with E-state index in [-0.39, 0.29) is 11.5 Å². The predicted molar refractivity (Wildman–Crippen MR) is 58.2 cm³/mol. The van der Waals surface area contributed by atoms with Crippen molar-refractivity contribution in [3.8, 4) is 0 Å². The lowest BCUT2D eigenvalue weighted by Crippen LogP contribution is -2.04. The predicted octanol–water partition coefficient (Wildman–Crippen LogP) is 1.22. The third-order valence-electron chi connectivity index (χ3n) is 1.83. The summed E-state index contributed by atoms with van der Waals surface area (Å²) in [6.07, 6.45) is 3.59. The summed E-state index contributed by atoms with van der Waals surface area (Å²) in [5, 5.41) is 2.93. The minimum atomic E-state index is -0.374. The second kappa shape index (κ2) is 4.62. The van der Waals surface area contributed by atoms with E-state index in [1.807, 2.05) is 13.1 Å². The molecule has 0 unspecified atom stereocenters. The molecule has 0 aliphatic rings. The number of nitrogens with one attached hydrogen (secondary N) is 1. The van der Waals surface area contributed by atoms with E-state index < -0.39 is 0 Å². The summed E-state index contributed by atoms with van der Waals surface area (Å²) in [6, 6.07) is 2.57. The van der Waals surface area contributed by atoms with Crippen LogP contribution in [0.15, 0.2) is 18.2 Å². The van der Waals surface area contributed by atoms with Crippen molar-refractivity contribution in [3.63, 3.8) is 0 Å². The molecule has 1 rings (SSSR count). The van der Waals surface area contributed by atoms with Crippen LogP contribution in [0.2, 0.25) is 0 Å². The highest BCUT2D eigenvalue weighted by Crippen LogP contribution is 2.22. The Morgan fingerprint density at radius 3 is 2.79 bits per heavy atom. The summed E-state index contributed by atoms with van der Waals surface area (Å²) in [5.74, 6) is -0.374. The molecule has 0 radical (unpaired) electrons. The van der Waals surface area contributed by atoms with Crippen LogP contribution in [0.5, 0.6) is 0 Å². The van der Waals surface area contributed by atoms with Gasteiger partial charge in [0.2, 0.25) is 0 Å². The smallest absolute Gasteiger partial charge is 0.126 e. The van der Waals surface area contributed by atoms with Gasteiger partial charge in [-0.1, -0.05) is 12.2 Å². The van der Waals surface area contributed by atoms with Gasteiger partial charge in [0.25, 0.3) is 0 Å². The van der Waals surface area contributed by atoms with Crippen molar-refractivity contribution in [2.24, 2.45) is 0 Å². The second-order valence-electron chi connectivity index (χ2n) is 2.96. The lowest BCUT2D eigenvalue weighted by atomic mass is 10.1. The molecule has 0 saturated carbocycles. The molecule has 4 heteroatoms. The molecular weight excluding hydrogens is 181 g/mol. The summed E-state index contributed by atoms with van der Waals surface area (Å²) in [4.78, 5) is 0. The van der Waals surface area contributed by atoms with Crippen molar-refractivity contribution in [1.82, 2.24) is 5.32 Å². The third-order valence-corrected chi connectivity index (χ3v) is 1.83. The molecule has 0 bridgehead atoms. The van der Waals surface area contributed by atoms with Crippen LogP contribution >= 0.6 is 0 Å². The molecule has 0 atom stereocenters. The summed E-state index contributed by atoms with van der Waals surface area (Å²) in [6.45, 7) is 0.704. The van der Waals surface area contributed by atoms with Gasteiger partial charge in [-0.25, -0.2) is 4.39 Å². The van der Waals surface area contributed by atoms with Crippen molar-refractivity contribution in [2.75, 3.05) is 25.1 Å². The molecule has 14 heavy (non-hydrogen) atoms. The zero-order valence-corrected chi connectivity index (χ0v) is 8.05. The topological polar surface area (TPSA) is 64.1 Å². The summed E-state index contributed by atoms with van der Waals surface area (Å²) >= 11 is 0. The molecule has 0 amide bonds. The molecule has 1 aromatic rings. The monoisotopic (exact) mass is 195 g/mol. The molecule has 0 aliphatic carbocycles. The Hall–Kier alpha value is -1.55. The van der Waals surface area contributed by atoms with E-state index in [0.717, 1.165) is 0 Å². The lowest BCUT2D eigenvalue weighted by molar-refractivity contribution is 0.628. The van der Waals surface area contributed by atoms with Crippen molar-refractivity contribution >= 4 is 17.5 Å². The molecule has 0 aliphatic heterocycles. The Kier molecular flexibility index (Phi) is 3.48. The second-order valence-corrected chi connectivity index (χ2v) is 2.96. The van der Waals surface area contributed by atoms with Crippen LogP contribution in [0.1, 0.15) is 5.56 Å². The third kappa shape index (κ3) is 2.47. The number of nitrogens with two attached hydrogens (primary N) is 2. The first-order valence-electron chi connectivity index (χ1n) is 4.30. The largest absolute Gasteiger partial charge is 0.397 e. The van der Waals surface area contributed by atoms with E-state index in [4.69, 9.17) is 11.5 Å². The minimum absolute atomic E-state index is 0.272. The van der Waals surface area contributed by atoms with Gasteiger partial charge in [0.15, 0.2) is 0 Å². The zero-order valence-electron chi connectivity index (χ0n) is 8.05. The highest BCUT2D eigenvalue weighted by molar-refractivity contribution is 5.75. The molecule has 0 aromatic heterocycles. The van der Waals surface area contributed by atoms with Crippen molar-refractivity contribution in [1.29, 1.82) is 0 Å². The van der Waals surface area contributed by atoms with Gasteiger partial charge >= 0.3 is 0 Å². The van der Waals surface area contributed by atoms with Crippen LogP contribution in [-0.2, 0) is 0 Å². The maximum atomic E-state index is 12.9. The standard InChI is InChI=1S/C10H14FN3/c1-14-4-2-3-7-5-8(11)6-9(12)10(7)13/h2-3,5-6,14H,4,12-13H2,1H3. The number of halogens is 1. The van der Waals surface area contributed by atoms with E-state index in [1.54, 1.807) is 6.08 Å². The van der Waals surface area contributed by atoms with Crippen LogP contribution in [0.4, 0.5) is 15.8 Å². The molecule has 5 N–H and O–H groups in total. The minimum Gasteiger partial charge on any atom is -0.397 e. The quantitative estimate of drug-likeness (QED) is 0.635. The first-order chi connectivity index (χ1) is 6.65. The molecule has 0 saturated heterocycles. The Balaban J connectivity index is 2.96. The highest BCUT2D eigenvalue weighted by Gasteiger charge is 2.02. The number of nitrogen functional groups attached to an aromatic ring is 2. The first kappa shape index (κ1) is 10.5. The van der Waals surface area contributed by atoms with Crippen LogP contribution in [0, 0.1) is 5.82 Å². The number of hydrogen-bond acceptors (Lipinski definition) is 3. The van der Waals surface area contributed by atoms with E-state index >= 15 is 0 Å². The summed E-state index contributed by atoms with van der Waals surface area (Å²) < 4.78 is 12.9. The van der Waals surface area contributed by atoms with Crippen LogP contribution < -0.4 is 16.8 Å². The van der Waals surface area contributed by atoms with Crippen molar-refractivity contribution < 1.29 is 4.39 Å². The molecule has 3 nitrogen and oxygen atoms in total. The highest BCUT2D eigenvalue weighted by atomic mass is 19.1. The average molecular weight is 195 g/mol. The number of hydrogen-bond donors (Lipinski definition) is 3. The molecule has 76 valence electrons. The SMILES string of the molecule is CNCC=Cc1cc(F)cc(N)c1N. The van der Waals surface area contributed by atoms with Gasteiger partial charge in [-0.2, -0.15) is 0 Å². The molecule has 1 aromatic carbocycles. The lowest BCUT2D eigenvalue weighted by Gasteiger charge is -2.04. The van der Waals surface area contributed by atoms with Gasteiger partial charge in [-0.05, 0) is 19.2 Å². The molecular formula is C10H14FN3. The fourth-order valence-corrected chi connectivity index (χ4v) is 1.10. The fraction of sp³-hybridized carbons (Fsp3) is 0.200. The normalized spacial score (nSPS) is 11.0. The number of benzene rings is 1. The number of anilines is 2. The van der Waals surface area contributed by atoms with E-state index in [2.05, 4.69) is 5.32 Å². The van der Waals surface area contributed by atoms with Crippen LogP contribution in [0.3, 0.4) is 0 Å². The number of likely N-dealkylation sites (N-methyl/N-ethyl adjacent to an activating group) is 1. The van der Waals surface area contributed by atoms with Crippen molar-refractivity contribution in [2.45, 2.75) is 0 Å². The van der Waals surface area contributed by atoms with E-state index in [9.17, 15) is 4.39 Å². The van der Waals surface area contributed by atoms with Crippen LogP contribution in [0.25, 0.3) is 6.08 Å². The first-order valence-corrected chi connectivity index (χ1v) is 4.30. The van der Waals surface area contributed by atoms with Gasteiger partial charge in [-0.15, -0.1) is 0 Å². The van der Waals surface area contributed by atoms with Gasteiger partial charge in [0, 0.05) is 12.1 Å². The Labute approximate surface area is 82.6 Å². The van der Waals surface area contributed by atoms with E-state index in [0.29, 0.717) is 17.8 Å². The van der Waals surface area contributed by atoms with E-state index in [1.165, 1.54) is 12.1 Å². The maximum absolute atomic E-state index is 12.9. The van der Waals surface area contributed by atoms with Gasteiger partial charge < -0.3 is 16.8 Å². The summed E-state index contributed by atoms with van der Waals surface area (Å²) in [5.41, 5.74) is 12.5. The molecule has 0 heterocycles. The maximum Gasteiger partial charge on any atom is 0.126 e. The Morgan fingerprint density at radius 1 is 1.43 bits per heavy atom. The fourth-order valence-electron chi connectivity index (χ4n) is 1.10. The van der Waals surface area contributed by atoms with Gasteiger partial charge in [0.1, 0.15) is 5.82 Å². The Morgan fingerprint density at radius 2 is 2.14 bits per heavy atom. The van der Waals surface area contributed by atoms with Crippen LogP contribution in [-0.4, -0.2) is 13.6 Å².